The van der Waals surface area contributed by atoms with Crippen LogP contribution in [0.15, 0.2) is 24.5 Å². The van der Waals surface area contributed by atoms with Crippen LogP contribution in [0.1, 0.15) is 23.2 Å². The highest BCUT2D eigenvalue weighted by molar-refractivity contribution is 6.29. The minimum absolute atomic E-state index is 0.0160. The lowest BCUT2D eigenvalue weighted by atomic mass is 10.0. The molecule has 0 spiro atoms. The van der Waals surface area contributed by atoms with Crippen molar-refractivity contribution >= 4 is 17.6 Å². The van der Waals surface area contributed by atoms with E-state index in [4.69, 9.17) is 21.1 Å². The third-order valence-electron chi connectivity index (χ3n) is 3.25. The average Bonchev–Trinajstić information content (AvgIpc) is 3.30. The highest BCUT2D eigenvalue weighted by Crippen LogP contribution is 2.41. The van der Waals surface area contributed by atoms with Crippen molar-refractivity contribution in [2.24, 2.45) is 0 Å². The summed E-state index contributed by atoms with van der Waals surface area (Å²) in [5.74, 6) is -0.529. The largest absolute Gasteiger partial charge is 0.491 e. The van der Waals surface area contributed by atoms with Gasteiger partial charge in [0.2, 0.25) is 0 Å². The van der Waals surface area contributed by atoms with E-state index in [1.54, 1.807) is 12.1 Å². The third kappa shape index (κ3) is 2.82. The lowest BCUT2D eigenvalue weighted by Gasteiger charge is -2.15. The molecule has 2 aromatic heterocycles. The second-order valence-corrected chi connectivity index (χ2v) is 5.26. The molecule has 1 aliphatic rings. The smallest absolute Gasteiger partial charge is 0.338 e. The van der Waals surface area contributed by atoms with E-state index in [0.29, 0.717) is 11.1 Å². The molecule has 2 heterocycles. The first kappa shape index (κ1) is 14.6. The zero-order valence-electron chi connectivity index (χ0n) is 11.7. The normalized spacial score (nSPS) is 13.7. The van der Waals surface area contributed by atoms with E-state index in [1.165, 1.54) is 19.5 Å². The molecular formula is C15H13ClN2O4. The summed E-state index contributed by atoms with van der Waals surface area (Å²) >= 11 is 5.91. The summed E-state index contributed by atoms with van der Waals surface area (Å²) in [6, 6.07) is 3.24. The number of nitrogens with zero attached hydrogens (tertiary/aromatic N) is 2. The van der Waals surface area contributed by atoms with E-state index in [0.717, 1.165) is 12.8 Å². The van der Waals surface area contributed by atoms with Crippen LogP contribution in [0.2, 0.25) is 5.15 Å². The zero-order chi connectivity index (χ0) is 15.7. The maximum atomic E-state index is 11.5. The predicted molar refractivity (Wildman–Crippen MR) is 79.6 cm³/mol. The molecule has 0 saturated heterocycles. The van der Waals surface area contributed by atoms with Crippen LogP contribution < -0.4 is 9.47 Å². The Bertz CT molecular complexity index is 731. The molecule has 22 heavy (non-hydrogen) atoms. The number of rotatable bonds is 5. The minimum atomic E-state index is -1.10. The van der Waals surface area contributed by atoms with Gasteiger partial charge >= 0.3 is 5.97 Å². The van der Waals surface area contributed by atoms with Crippen LogP contribution in [-0.4, -0.2) is 34.3 Å². The number of aromatic carboxylic acids is 1. The Morgan fingerprint density at radius 3 is 2.77 bits per heavy atom. The number of methoxy groups -OCH3 is 1. The van der Waals surface area contributed by atoms with Crippen molar-refractivity contribution in [3.63, 3.8) is 0 Å². The van der Waals surface area contributed by atoms with Crippen molar-refractivity contribution in [3.8, 4) is 22.8 Å². The van der Waals surface area contributed by atoms with Crippen LogP contribution >= 0.6 is 11.6 Å². The number of hydrogen-bond donors (Lipinski definition) is 1. The van der Waals surface area contributed by atoms with Gasteiger partial charge in [0.25, 0.3) is 5.88 Å². The number of carboxylic acid groups (broad SMARTS) is 1. The number of carboxylic acids is 1. The lowest BCUT2D eigenvalue weighted by Crippen LogP contribution is -2.07. The summed E-state index contributed by atoms with van der Waals surface area (Å²) < 4.78 is 11.1. The van der Waals surface area contributed by atoms with E-state index in [1.807, 2.05) is 0 Å². The fraction of sp³-hybridized carbons (Fsp3) is 0.267. The van der Waals surface area contributed by atoms with Crippen LogP contribution in [0.4, 0.5) is 0 Å². The summed E-state index contributed by atoms with van der Waals surface area (Å²) in [6.45, 7) is 0. The molecule has 7 heteroatoms. The fourth-order valence-corrected chi connectivity index (χ4v) is 2.27. The first-order valence-corrected chi connectivity index (χ1v) is 7.07. The molecule has 1 N–H and O–H groups in total. The highest BCUT2D eigenvalue weighted by atomic mass is 35.5. The summed E-state index contributed by atoms with van der Waals surface area (Å²) in [6.07, 6.45) is 4.81. The monoisotopic (exact) mass is 320 g/mol. The van der Waals surface area contributed by atoms with Crippen molar-refractivity contribution < 1.29 is 19.4 Å². The fourth-order valence-electron chi connectivity index (χ4n) is 2.10. The minimum Gasteiger partial charge on any atom is -0.491 e. The van der Waals surface area contributed by atoms with Gasteiger partial charge in [-0.25, -0.2) is 14.8 Å². The molecule has 0 aromatic carbocycles. The molecule has 0 unspecified atom stereocenters. The molecule has 1 aliphatic carbocycles. The number of pyridine rings is 2. The van der Waals surface area contributed by atoms with Gasteiger partial charge in [-0.2, -0.15) is 0 Å². The van der Waals surface area contributed by atoms with Crippen molar-refractivity contribution in [2.45, 2.75) is 18.9 Å². The van der Waals surface area contributed by atoms with Crippen molar-refractivity contribution in [3.05, 3.63) is 35.2 Å². The van der Waals surface area contributed by atoms with E-state index in [-0.39, 0.29) is 28.5 Å². The van der Waals surface area contributed by atoms with Gasteiger partial charge in [-0.05, 0) is 30.5 Å². The van der Waals surface area contributed by atoms with Gasteiger partial charge in [0.05, 0.1) is 12.7 Å². The van der Waals surface area contributed by atoms with Crippen molar-refractivity contribution in [2.75, 3.05) is 7.11 Å². The number of carbonyl (C=O) groups is 1. The third-order valence-corrected chi connectivity index (χ3v) is 3.46. The number of ether oxygens (including phenoxy) is 2. The Balaban J connectivity index is 2.20. The maximum Gasteiger partial charge on any atom is 0.338 e. The Morgan fingerprint density at radius 1 is 1.41 bits per heavy atom. The second kappa shape index (κ2) is 5.81. The molecular weight excluding hydrogens is 308 g/mol. The average molecular weight is 321 g/mol. The van der Waals surface area contributed by atoms with E-state index in [2.05, 4.69) is 9.97 Å². The predicted octanol–water partition coefficient (Wildman–Crippen LogP) is 3.05. The summed E-state index contributed by atoms with van der Waals surface area (Å²) in [5, 5.41) is 9.68. The van der Waals surface area contributed by atoms with Crippen LogP contribution in [0, 0.1) is 0 Å². The number of halogens is 1. The number of aromatic nitrogens is 2. The Hall–Kier alpha value is -2.34. The molecule has 1 fully saturated rings. The molecule has 2 aromatic rings. The summed E-state index contributed by atoms with van der Waals surface area (Å²) in [7, 11) is 1.45. The van der Waals surface area contributed by atoms with Crippen LogP contribution in [0.5, 0.6) is 11.6 Å². The Labute approximate surface area is 131 Å². The molecule has 6 nitrogen and oxygen atoms in total. The molecule has 0 amide bonds. The van der Waals surface area contributed by atoms with E-state index in [9.17, 15) is 9.90 Å². The lowest BCUT2D eigenvalue weighted by molar-refractivity contribution is 0.0696. The van der Waals surface area contributed by atoms with Crippen LogP contribution in [0.25, 0.3) is 11.1 Å². The highest BCUT2D eigenvalue weighted by Gasteiger charge is 2.28. The van der Waals surface area contributed by atoms with Gasteiger partial charge in [0.15, 0.2) is 5.75 Å². The number of hydrogen-bond acceptors (Lipinski definition) is 5. The molecule has 0 aliphatic heterocycles. The van der Waals surface area contributed by atoms with Crippen LogP contribution in [-0.2, 0) is 0 Å². The van der Waals surface area contributed by atoms with E-state index >= 15 is 0 Å². The standard InChI is InChI=1S/C15H13ClN2O4/c1-21-13-12(8-4-5-17-11(16)6-8)10(15(19)20)7-18-14(13)22-9-2-3-9/h4-7,9H,2-3H2,1H3,(H,19,20). The topological polar surface area (TPSA) is 81.5 Å². The Kier molecular flexibility index (Phi) is 3.85. The second-order valence-electron chi connectivity index (χ2n) is 4.87. The quantitative estimate of drug-likeness (QED) is 0.853. The van der Waals surface area contributed by atoms with Gasteiger partial charge in [0.1, 0.15) is 11.3 Å². The SMILES string of the molecule is COc1c(OC2CC2)ncc(C(=O)O)c1-c1ccnc(Cl)c1. The van der Waals surface area contributed by atoms with Gasteiger partial charge in [-0.1, -0.05) is 11.6 Å². The summed E-state index contributed by atoms with van der Waals surface area (Å²) in [4.78, 5) is 19.5. The van der Waals surface area contributed by atoms with Crippen LogP contribution in [0.3, 0.4) is 0 Å². The first-order valence-electron chi connectivity index (χ1n) is 6.69. The first-order chi connectivity index (χ1) is 10.6. The maximum absolute atomic E-state index is 11.5. The molecule has 1 saturated carbocycles. The molecule has 3 rings (SSSR count). The molecule has 0 radical (unpaired) electrons. The van der Waals surface area contributed by atoms with Gasteiger partial charge in [-0.3, -0.25) is 0 Å². The zero-order valence-corrected chi connectivity index (χ0v) is 12.5. The molecule has 0 bridgehead atoms. The van der Waals surface area contributed by atoms with E-state index < -0.39 is 5.97 Å². The molecule has 0 atom stereocenters. The van der Waals surface area contributed by atoms with Crippen molar-refractivity contribution in [1.29, 1.82) is 0 Å². The Morgan fingerprint density at radius 2 is 2.18 bits per heavy atom. The van der Waals surface area contributed by atoms with Crippen molar-refractivity contribution in [1.82, 2.24) is 9.97 Å². The van der Waals surface area contributed by atoms with Gasteiger partial charge in [-0.15, -0.1) is 0 Å². The molecule has 114 valence electrons. The van der Waals surface area contributed by atoms with Gasteiger partial charge < -0.3 is 14.6 Å². The summed E-state index contributed by atoms with van der Waals surface area (Å²) in [5.41, 5.74) is 0.976. The van der Waals surface area contributed by atoms with Gasteiger partial charge in [0, 0.05) is 18.0 Å².